The van der Waals surface area contributed by atoms with Gasteiger partial charge in [0.2, 0.25) is 0 Å². The summed E-state index contributed by atoms with van der Waals surface area (Å²) in [5.41, 5.74) is 0. The minimum absolute atomic E-state index is 0.241. The molecule has 138 valence electrons. The van der Waals surface area contributed by atoms with Crippen molar-refractivity contribution in [3.8, 4) is 0 Å². The zero-order valence-corrected chi connectivity index (χ0v) is 19.3. The molecule has 7 heteroatoms. The Bertz CT molecular complexity index is 336. The highest BCUT2D eigenvalue weighted by Gasteiger charge is 2.31. The molecular formula is C16H35BrO4Si2. The first-order chi connectivity index (χ1) is 10.6. The summed E-state index contributed by atoms with van der Waals surface area (Å²) in [6.45, 7) is 14.8. The fraction of sp³-hybridized carbons (Fsp3) is 0.938. The van der Waals surface area contributed by atoms with Gasteiger partial charge in [0, 0.05) is 6.61 Å². The molecule has 0 saturated carbocycles. The zero-order chi connectivity index (χ0) is 17.9. The number of esters is 1. The average Bonchev–Trinajstić information content (AvgIpc) is 2.42. The molecule has 0 aromatic heterocycles. The van der Waals surface area contributed by atoms with E-state index in [-0.39, 0.29) is 10.8 Å². The molecule has 0 bridgehead atoms. The first kappa shape index (κ1) is 23.3. The van der Waals surface area contributed by atoms with Gasteiger partial charge in [-0.2, -0.15) is 0 Å². The van der Waals surface area contributed by atoms with Crippen LogP contribution >= 0.6 is 15.9 Å². The fourth-order valence-corrected chi connectivity index (χ4v) is 11.6. The topological polar surface area (TPSA) is 44.8 Å². The molecule has 0 fully saturated rings. The summed E-state index contributed by atoms with van der Waals surface area (Å²) in [6, 6.07) is 2.38. The van der Waals surface area contributed by atoms with Crippen LogP contribution in [0.2, 0.25) is 38.3 Å². The molecule has 1 atom stereocenters. The Kier molecular flexibility index (Phi) is 11.9. The molecule has 0 heterocycles. The molecule has 0 aromatic carbocycles. The number of halogens is 1. The minimum Gasteiger partial charge on any atom is -0.462 e. The number of hydrogen-bond acceptors (Lipinski definition) is 4. The van der Waals surface area contributed by atoms with Gasteiger partial charge in [-0.05, 0) is 51.6 Å². The minimum atomic E-state index is -1.60. The van der Waals surface area contributed by atoms with Crippen molar-refractivity contribution < 1.29 is 18.4 Å². The smallest absolute Gasteiger partial charge is 0.319 e. The van der Waals surface area contributed by atoms with Crippen molar-refractivity contribution >= 4 is 38.5 Å². The Labute approximate surface area is 153 Å². The standard InChI is InChI=1S/C16H35BrO4Si2/c1-7-8-13-22(3,4)21-23(5,6)14-9-10-19-11-12-20-16(18)15(2)17/h15H,7-14H2,1-6H3. The number of carbonyl (C=O) groups is 1. The Morgan fingerprint density at radius 2 is 1.57 bits per heavy atom. The third-order valence-corrected chi connectivity index (χ3v) is 11.5. The second kappa shape index (κ2) is 11.8. The number of ether oxygens (including phenoxy) is 2. The average molecular weight is 428 g/mol. The molecule has 0 radical (unpaired) electrons. The largest absolute Gasteiger partial charge is 0.462 e. The monoisotopic (exact) mass is 426 g/mol. The van der Waals surface area contributed by atoms with E-state index in [2.05, 4.69) is 49.0 Å². The van der Waals surface area contributed by atoms with Gasteiger partial charge in [0.25, 0.3) is 0 Å². The van der Waals surface area contributed by atoms with Crippen molar-refractivity contribution in [3.63, 3.8) is 0 Å². The summed E-state index contributed by atoms with van der Waals surface area (Å²) in [7, 11) is -3.11. The lowest BCUT2D eigenvalue weighted by Crippen LogP contribution is -2.44. The van der Waals surface area contributed by atoms with E-state index in [0.29, 0.717) is 19.8 Å². The molecule has 0 N–H and O–H groups in total. The summed E-state index contributed by atoms with van der Waals surface area (Å²) in [5, 5.41) is 0. The third kappa shape index (κ3) is 13.3. The first-order valence-electron chi connectivity index (χ1n) is 8.68. The summed E-state index contributed by atoms with van der Waals surface area (Å²) >= 11 is 3.17. The Morgan fingerprint density at radius 1 is 1.00 bits per heavy atom. The molecule has 0 aromatic rings. The van der Waals surface area contributed by atoms with Gasteiger partial charge >= 0.3 is 5.97 Å². The van der Waals surface area contributed by atoms with E-state index in [9.17, 15) is 4.79 Å². The van der Waals surface area contributed by atoms with Crippen LogP contribution in [0.25, 0.3) is 0 Å². The Hall–Kier alpha value is 0.304. The van der Waals surface area contributed by atoms with Crippen molar-refractivity contribution in [1.29, 1.82) is 0 Å². The molecule has 0 aliphatic heterocycles. The number of rotatable bonds is 13. The van der Waals surface area contributed by atoms with Crippen LogP contribution in [0.1, 0.15) is 33.1 Å². The van der Waals surface area contributed by atoms with Gasteiger partial charge < -0.3 is 13.6 Å². The van der Waals surface area contributed by atoms with Crippen LogP contribution in [0, 0.1) is 0 Å². The molecule has 0 saturated heterocycles. The first-order valence-corrected chi connectivity index (χ1v) is 15.8. The predicted octanol–water partition coefficient (Wildman–Crippen LogP) is 4.95. The third-order valence-electron chi connectivity index (χ3n) is 3.55. The predicted molar refractivity (Wildman–Crippen MR) is 105 cm³/mol. The van der Waals surface area contributed by atoms with Gasteiger partial charge in [0.1, 0.15) is 11.4 Å². The summed E-state index contributed by atoms with van der Waals surface area (Å²) in [4.78, 5) is 11.0. The van der Waals surface area contributed by atoms with Crippen LogP contribution in [0.3, 0.4) is 0 Å². The van der Waals surface area contributed by atoms with Crippen molar-refractivity contribution in [2.24, 2.45) is 0 Å². The van der Waals surface area contributed by atoms with E-state index in [1.165, 1.54) is 18.9 Å². The van der Waals surface area contributed by atoms with Crippen LogP contribution in [-0.4, -0.2) is 47.3 Å². The quantitative estimate of drug-likeness (QED) is 0.181. The highest BCUT2D eigenvalue weighted by atomic mass is 79.9. The molecule has 0 rings (SSSR count). The lowest BCUT2D eigenvalue weighted by Gasteiger charge is -2.34. The second-order valence-corrected chi connectivity index (χ2v) is 17.5. The number of carbonyl (C=O) groups excluding carboxylic acids is 1. The number of hydrogen-bond donors (Lipinski definition) is 0. The van der Waals surface area contributed by atoms with E-state index in [1.54, 1.807) is 6.92 Å². The van der Waals surface area contributed by atoms with E-state index in [1.807, 2.05) is 0 Å². The van der Waals surface area contributed by atoms with Gasteiger partial charge in [-0.1, -0.05) is 35.7 Å². The molecule has 0 spiro atoms. The van der Waals surface area contributed by atoms with Gasteiger partial charge in [-0.3, -0.25) is 4.79 Å². The summed E-state index contributed by atoms with van der Waals surface area (Å²) in [5.74, 6) is -0.241. The van der Waals surface area contributed by atoms with Crippen LogP contribution < -0.4 is 0 Å². The number of alkyl halides is 1. The molecular weight excluding hydrogens is 392 g/mol. The fourth-order valence-electron chi connectivity index (χ4n) is 2.47. The van der Waals surface area contributed by atoms with Gasteiger partial charge in [0.05, 0.1) is 6.61 Å². The van der Waals surface area contributed by atoms with Crippen molar-refractivity contribution in [3.05, 3.63) is 0 Å². The summed E-state index contributed by atoms with van der Waals surface area (Å²) in [6.07, 6.45) is 3.53. The molecule has 0 amide bonds. The van der Waals surface area contributed by atoms with Gasteiger partial charge in [-0.25, -0.2) is 0 Å². The molecule has 1 unspecified atom stereocenters. The Balaban J connectivity index is 3.79. The molecule has 0 aliphatic rings. The van der Waals surface area contributed by atoms with Crippen molar-refractivity contribution in [2.75, 3.05) is 19.8 Å². The molecule has 23 heavy (non-hydrogen) atoms. The van der Waals surface area contributed by atoms with E-state index < -0.39 is 16.6 Å². The lowest BCUT2D eigenvalue weighted by molar-refractivity contribution is -0.144. The van der Waals surface area contributed by atoms with Gasteiger partial charge in [0.15, 0.2) is 16.6 Å². The van der Waals surface area contributed by atoms with E-state index >= 15 is 0 Å². The number of unbranched alkanes of at least 4 members (excludes halogenated alkanes) is 1. The SMILES string of the molecule is CCCC[Si](C)(C)O[Si](C)(C)CCCOCCOC(=O)C(C)Br. The van der Waals surface area contributed by atoms with Crippen LogP contribution in [0.4, 0.5) is 0 Å². The maximum atomic E-state index is 11.2. The van der Waals surface area contributed by atoms with Crippen molar-refractivity contribution in [2.45, 2.75) is 76.2 Å². The summed E-state index contributed by atoms with van der Waals surface area (Å²) < 4.78 is 17.1. The molecule has 4 nitrogen and oxygen atoms in total. The van der Waals surface area contributed by atoms with E-state index in [0.717, 1.165) is 12.5 Å². The Morgan fingerprint density at radius 3 is 2.09 bits per heavy atom. The second-order valence-electron chi connectivity index (χ2n) is 7.22. The lowest BCUT2D eigenvalue weighted by atomic mass is 10.4. The maximum Gasteiger partial charge on any atom is 0.319 e. The van der Waals surface area contributed by atoms with Crippen LogP contribution in [-0.2, 0) is 18.4 Å². The molecule has 0 aliphatic carbocycles. The zero-order valence-electron chi connectivity index (χ0n) is 15.7. The van der Waals surface area contributed by atoms with Crippen LogP contribution in [0.5, 0.6) is 0 Å². The highest BCUT2D eigenvalue weighted by molar-refractivity contribution is 9.10. The van der Waals surface area contributed by atoms with Crippen molar-refractivity contribution in [1.82, 2.24) is 0 Å². The highest BCUT2D eigenvalue weighted by Crippen LogP contribution is 2.24. The van der Waals surface area contributed by atoms with E-state index in [4.69, 9.17) is 13.6 Å². The van der Waals surface area contributed by atoms with Gasteiger partial charge in [-0.15, -0.1) is 0 Å². The van der Waals surface area contributed by atoms with Crippen LogP contribution in [0.15, 0.2) is 0 Å². The maximum absolute atomic E-state index is 11.2. The normalized spacial score (nSPS) is 13.9.